The van der Waals surface area contributed by atoms with Gasteiger partial charge in [-0.3, -0.25) is 4.79 Å². The van der Waals surface area contributed by atoms with E-state index in [9.17, 15) is 20.1 Å². The van der Waals surface area contributed by atoms with Gasteiger partial charge in [0.15, 0.2) is 5.78 Å². The molecule has 0 saturated heterocycles. The molecule has 0 heterocycles. The van der Waals surface area contributed by atoms with Crippen molar-refractivity contribution in [2.24, 2.45) is 0 Å². The van der Waals surface area contributed by atoms with Crippen LogP contribution in [0.1, 0.15) is 22.8 Å². The van der Waals surface area contributed by atoms with E-state index in [0.29, 0.717) is 22.6 Å². The number of ether oxygens (including phenoxy) is 2. The maximum atomic E-state index is 12.7. The predicted octanol–water partition coefficient (Wildman–Crippen LogP) is 2.63. The molecule has 2 aromatic carbocycles. The molecule has 0 bridgehead atoms. The van der Waals surface area contributed by atoms with Crippen LogP contribution in [-0.4, -0.2) is 40.9 Å². The van der Waals surface area contributed by atoms with E-state index in [4.69, 9.17) is 9.47 Å². The molecule has 0 spiro atoms. The third kappa shape index (κ3) is 2.70. The summed E-state index contributed by atoms with van der Waals surface area (Å²) in [7, 11) is 1.43. The van der Waals surface area contributed by atoms with E-state index in [-0.39, 0.29) is 34.8 Å². The van der Waals surface area contributed by atoms with Gasteiger partial charge < -0.3 is 24.8 Å². The molecule has 6 nitrogen and oxygen atoms in total. The highest BCUT2D eigenvalue weighted by atomic mass is 16.5. The molecule has 0 aliphatic heterocycles. The molecule has 2 aromatic rings. The second-order valence-corrected chi connectivity index (χ2v) is 5.90. The third-order valence-corrected chi connectivity index (χ3v) is 4.16. The zero-order valence-electron chi connectivity index (χ0n) is 13.9. The van der Waals surface area contributed by atoms with Crippen molar-refractivity contribution in [3.8, 4) is 34.1 Å². The number of rotatable bonds is 5. The minimum absolute atomic E-state index is 0.0189. The van der Waals surface area contributed by atoms with Gasteiger partial charge >= 0.3 is 0 Å². The summed E-state index contributed by atoms with van der Waals surface area (Å²) in [6, 6.07) is 5.66. The average molecular weight is 342 g/mol. The van der Waals surface area contributed by atoms with Crippen LogP contribution in [0.5, 0.6) is 23.0 Å². The average Bonchev–Trinajstić information content (AvgIpc) is 2.89. The summed E-state index contributed by atoms with van der Waals surface area (Å²) in [5, 5.41) is 30.0. The van der Waals surface area contributed by atoms with Crippen molar-refractivity contribution in [3.05, 3.63) is 47.5 Å². The SMILES string of the molecule is C=C(C)[C@H](O)COc1cc(OC)c2c(c1)C(=O)c1c(O)ccc(O)c1-2. The summed E-state index contributed by atoms with van der Waals surface area (Å²) in [4.78, 5) is 12.7. The van der Waals surface area contributed by atoms with Crippen LogP contribution < -0.4 is 9.47 Å². The van der Waals surface area contributed by atoms with Crippen LogP contribution in [0.4, 0.5) is 0 Å². The number of hydrogen-bond acceptors (Lipinski definition) is 6. The Kier molecular flexibility index (Phi) is 4.14. The second kappa shape index (κ2) is 6.14. The van der Waals surface area contributed by atoms with Crippen molar-refractivity contribution in [2.75, 3.05) is 13.7 Å². The Morgan fingerprint density at radius 3 is 2.40 bits per heavy atom. The second-order valence-electron chi connectivity index (χ2n) is 5.90. The topological polar surface area (TPSA) is 96.2 Å². The zero-order valence-corrected chi connectivity index (χ0v) is 13.9. The van der Waals surface area contributed by atoms with E-state index in [2.05, 4.69) is 6.58 Å². The van der Waals surface area contributed by atoms with Gasteiger partial charge in [-0.25, -0.2) is 0 Å². The number of hydrogen-bond donors (Lipinski definition) is 3. The van der Waals surface area contributed by atoms with E-state index in [1.165, 1.54) is 25.3 Å². The number of phenolic OH excluding ortho intramolecular Hbond substituents is 2. The molecule has 0 saturated carbocycles. The zero-order chi connectivity index (χ0) is 18.3. The van der Waals surface area contributed by atoms with Gasteiger partial charge in [-0.05, 0) is 30.7 Å². The quantitative estimate of drug-likeness (QED) is 0.487. The molecule has 3 rings (SSSR count). The lowest BCUT2D eigenvalue weighted by Gasteiger charge is -2.15. The number of benzene rings is 2. The minimum atomic E-state index is -0.833. The number of methoxy groups -OCH3 is 1. The first-order chi connectivity index (χ1) is 11.8. The van der Waals surface area contributed by atoms with E-state index in [1.54, 1.807) is 13.0 Å². The van der Waals surface area contributed by atoms with Gasteiger partial charge in [0.1, 0.15) is 35.7 Å². The normalized spacial score (nSPS) is 13.2. The molecule has 0 unspecified atom stereocenters. The highest BCUT2D eigenvalue weighted by molar-refractivity contribution is 6.25. The molecule has 0 fully saturated rings. The van der Waals surface area contributed by atoms with Gasteiger partial charge in [0.2, 0.25) is 0 Å². The Morgan fingerprint density at radius 2 is 1.80 bits per heavy atom. The van der Waals surface area contributed by atoms with Crippen LogP contribution >= 0.6 is 0 Å². The summed E-state index contributed by atoms with van der Waals surface area (Å²) < 4.78 is 10.9. The lowest BCUT2D eigenvalue weighted by atomic mass is 10.0. The Labute approximate surface area is 144 Å². The monoisotopic (exact) mass is 342 g/mol. The van der Waals surface area contributed by atoms with Gasteiger partial charge in [-0.15, -0.1) is 0 Å². The maximum absolute atomic E-state index is 12.7. The summed E-state index contributed by atoms with van der Waals surface area (Å²) >= 11 is 0. The molecule has 0 radical (unpaired) electrons. The molecule has 130 valence electrons. The van der Waals surface area contributed by atoms with Gasteiger partial charge in [-0.1, -0.05) is 6.58 Å². The smallest absolute Gasteiger partial charge is 0.198 e. The van der Waals surface area contributed by atoms with Crippen molar-refractivity contribution < 1.29 is 29.6 Å². The number of aromatic hydroxyl groups is 2. The van der Waals surface area contributed by atoms with Crippen molar-refractivity contribution >= 4 is 5.78 Å². The number of phenols is 2. The number of fused-ring (bicyclic) bond motifs is 3. The highest BCUT2D eigenvalue weighted by Crippen LogP contribution is 2.50. The van der Waals surface area contributed by atoms with Crippen molar-refractivity contribution in [1.29, 1.82) is 0 Å². The van der Waals surface area contributed by atoms with E-state index in [1.807, 2.05) is 0 Å². The fourth-order valence-corrected chi connectivity index (χ4v) is 2.79. The molecular weight excluding hydrogens is 324 g/mol. The van der Waals surface area contributed by atoms with E-state index in [0.717, 1.165) is 0 Å². The van der Waals surface area contributed by atoms with Crippen molar-refractivity contribution in [2.45, 2.75) is 13.0 Å². The van der Waals surface area contributed by atoms with Crippen LogP contribution in [0, 0.1) is 0 Å². The number of aliphatic hydroxyl groups excluding tert-OH is 1. The summed E-state index contributed by atoms with van der Waals surface area (Å²) in [5.74, 6) is -0.107. The first kappa shape index (κ1) is 16.9. The molecular formula is C19H18O6. The Morgan fingerprint density at radius 1 is 1.16 bits per heavy atom. The predicted molar refractivity (Wildman–Crippen MR) is 91.5 cm³/mol. The summed E-state index contributed by atoms with van der Waals surface area (Å²) in [5.41, 5.74) is 1.50. The molecule has 0 aromatic heterocycles. The standard InChI is InChI=1S/C19H18O6/c1-9(2)14(22)8-25-10-6-11-16(15(7-10)24-3)17-12(20)4-5-13(21)18(17)19(11)23/h4-7,14,20-22H,1,8H2,2-3H3/t14-/m1/s1. The summed E-state index contributed by atoms with van der Waals surface area (Å²) in [6.45, 7) is 5.32. The Bertz CT molecular complexity index is 884. The molecule has 1 aliphatic carbocycles. The van der Waals surface area contributed by atoms with E-state index >= 15 is 0 Å². The van der Waals surface area contributed by atoms with Gasteiger partial charge in [-0.2, -0.15) is 0 Å². The molecule has 0 amide bonds. The van der Waals surface area contributed by atoms with Crippen LogP contribution in [0.25, 0.3) is 11.1 Å². The number of carbonyl (C=O) groups is 1. The largest absolute Gasteiger partial charge is 0.507 e. The summed E-state index contributed by atoms with van der Waals surface area (Å²) in [6.07, 6.45) is -0.833. The van der Waals surface area contributed by atoms with Crippen LogP contribution in [0.3, 0.4) is 0 Å². The van der Waals surface area contributed by atoms with Gasteiger partial charge in [0.05, 0.1) is 12.7 Å². The molecule has 6 heteroatoms. The third-order valence-electron chi connectivity index (χ3n) is 4.16. The van der Waals surface area contributed by atoms with Crippen LogP contribution in [0.15, 0.2) is 36.4 Å². The number of ketones is 1. The Balaban J connectivity index is 2.09. The first-order valence-electron chi connectivity index (χ1n) is 7.63. The maximum Gasteiger partial charge on any atom is 0.198 e. The number of carbonyl (C=O) groups excluding carboxylic acids is 1. The van der Waals surface area contributed by atoms with Crippen LogP contribution in [-0.2, 0) is 0 Å². The number of aliphatic hydroxyl groups is 1. The molecule has 3 N–H and O–H groups in total. The fraction of sp³-hybridized carbons (Fsp3) is 0.211. The molecule has 1 atom stereocenters. The van der Waals surface area contributed by atoms with Crippen LogP contribution in [0.2, 0.25) is 0 Å². The highest BCUT2D eigenvalue weighted by Gasteiger charge is 2.35. The van der Waals surface area contributed by atoms with Gasteiger partial charge in [0.25, 0.3) is 0 Å². The lowest BCUT2D eigenvalue weighted by Crippen LogP contribution is -2.18. The van der Waals surface area contributed by atoms with Crippen molar-refractivity contribution in [1.82, 2.24) is 0 Å². The van der Waals surface area contributed by atoms with Gasteiger partial charge in [0, 0.05) is 22.8 Å². The van der Waals surface area contributed by atoms with Crippen molar-refractivity contribution in [3.63, 3.8) is 0 Å². The lowest BCUT2D eigenvalue weighted by molar-refractivity contribution is 0.104. The Hall–Kier alpha value is -2.99. The first-order valence-corrected chi connectivity index (χ1v) is 7.63. The minimum Gasteiger partial charge on any atom is -0.507 e. The fourth-order valence-electron chi connectivity index (χ4n) is 2.79. The molecule has 1 aliphatic rings. The van der Waals surface area contributed by atoms with E-state index < -0.39 is 11.9 Å². The molecule has 25 heavy (non-hydrogen) atoms.